The van der Waals surface area contributed by atoms with Gasteiger partial charge in [-0.15, -0.1) is 0 Å². The van der Waals surface area contributed by atoms with Crippen LogP contribution in [0.5, 0.6) is 0 Å². The van der Waals surface area contributed by atoms with Gasteiger partial charge in [-0.25, -0.2) is 0 Å². The predicted octanol–water partition coefficient (Wildman–Crippen LogP) is 3.91. The van der Waals surface area contributed by atoms with E-state index < -0.39 is 0 Å². The highest BCUT2D eigenvalue weighted by Gasteiger charge is 2.20. The summed E-state index contributed by atoms with van der Waals surface area (Å²) in [5, 5.41) is 5.50. The molecule has 0 atom stereocenters. The fourth-order valence-corrected chi connectivity index (χ4v) is 2.73. The summed E-state index contributed by atoms with van der Waals surface area (Å²) in [7, 11) is 0. The van der Waals surface area contributed by atoms with Crippen molar-refractivity contribution in [2.75, 3.05) is 0 Å². The molecule has 0 N–H and O–H groups in total. The summed E-state index contributed by atoms with van der Waals surface area (Å²) in [6.45, 7) is 4.21. The van der Waals surface area contributed by atoms with Gasteiger partial charge in [0.15, 0.2) is 0 Å². The van der Waals surface area contributed by atoms with Gasteiger partial charge in [-0.3, -0.25) is 4.68 Å². The highest BCUT2D eigenvalue weighted by atomic mass is 35.5. The lowest BCUT2D eigenvalue weighted by atomic mass is 9.96. The van der Waals surface area contributed by atoms with Crippen LogP contribution in [0.4, 0.5) is 0 Å². The SMILES string of the molecule is CCc1nn(C2CCCCC2)c(Cl)c1C. The normalized spacial score (nSPS) is 18.3. The Morgan fingerprint density at radius 1 is 1.33 bits per heavy atom. The van der Waals surface area contributed by atoms with Crippen LogP contribution in [0.1, 0.15) is 56.3 Å². The van der Waals surface area contributed by atoms with Gasteiger partial charge >= 0.3 is 0 Å². The Balaban J connectivity index is 2.26. The quantitative estimate of drug-likeness (QED) is 0.748. The molecule has 1 aromatic heterocycles. The number of halogens is 1. The van der Waals surface area contributed by atoms with Crippen LogP contribution in [0, 0.1) is 6.92 Å². The molecular formula is C12H19ClN2. The first-order valence-electron chi connectivity index (χ1n) is 5.97. The minimum absolute atomic E-state index is 0.547. The Morgan fingerprint density at radius 2 is 2.00 bits per heavy atom. The first-order valence-corrected chi connectivity index (χ1v) is 6.35. The molecule has 84 valence electrons. The fourth-order valence-electron chi connectivity index (χ4n) is 2.44. The molecule has 1 aliphatic rings. The first-order chi connectivity index (χ1) is 7.24. The van der Waals surface area contributed by atoms with Crippen molar-refractivity contribution in [3.63, 3.8) is 0 Å². The zero-order valence-electron chi connectivity index (χ0n) is 9.59. The largest absolute Gasteiger partial charge is 0.250 e. The standard InChI is InChI=1S/C12H19ClN2/c1-3-11-9(2)12(13)15(14-11)10-7-5-4-6-8-10/h10H,3-8H2,1-2H3. The molecule has 0 bridgehead atoms. The van der Waals surface area contributed by atoms with Crippen molar-refractivity contribution < 1.29 is 0 Å². The Hall–Kier alpha value is -0.500. The molecule has 0 unspecified atom stereocenters. The second-order valence-electron chi connectivity index (χ2n) is 4.45. The lowest BCUT2D eigenvalue weighted by Gasteiger charge is -2.22. The van der Waals surface area contributed by atoms with Gasteiger partial charge in [0.25, 0.3) is 0 Å². The molecule has 1 heterocycles. The summed E-state index contributed by atoms with van der Waals surface area (Å²) in [6, 6.07) is 0.547. The fraction of sp³-hybridized carbons (Fsp3) is 0.750. The first kappa shape index (κ1) is 11.0. The average Bonchev–Trinajstić information content (AvgIpc) is 2.57. The van der Waals surface area contributed by atoms with Crippen LogP contribution >= 0.6 is 11.6 Å². The van der Waals surface area contributed by atoms with Crippen LogP contribution in [0.3, 0.4) is 0 Å². The van der Waals surface area contributed by atoms with Crippen LogP contribution < -0.4 is 0 Å². The lowest BCUT2D eigenvalue weighted by Crippen LogP contribution is -2.14. The summed E-state index contributed by atoms with van der Waals surface area (Å²) in [5.74, 6) is 0. The van der Waals surface area contributed by atoms with E-state index in [9.17, 15) is 0 Å². The summed E-state index contributed by atoms with van der Waals surface area (Å²) in [6.07, 6.45) is 7.47. The van der Waals surface area contributed by atoms with Crippen molar-refractivity contribution in [1.29, 1.82) is 0 Å². The van der Waals surface area contributed by atoms with Crippen LogP contribution in [0.2, 0.25) is 5.15 Å². The Morgan fingerprint density at radius 3 is 2.53 bits per heavy atom. The Kier molecular flexibility index (Phi) is 3.35. The van der Waals surface area contributed by atoms with Crippen LogP contribution in [-0.2, 0) is 6.42 Å². The van der Waals surface area contributed by atoms with Crippen molar-refractivity contribution in [1.82, 2.24) is 9.78 Å². The van der Waals surface area contributed by atoms with Crippen LogP contribution in [0.15, 0.2) is 0 Å². The minimum atomic E-state index is 0.547. The van der Waals surface area contributed by atoms with E-state index in [-0.39, 0.29) is 0 Å². The van der Waals surface area contributed by atoms with Gasteiger partial charge in [0.05, 0.1) is 11.7 Å². The molecule has 0 aromatic carbocycles. The minimum Gasteiger partial charge on any atom is -0.250 e. The predicted molar refractivity (Wildman–Crippen MR) is 63.5 cm³/mol. The number of hydrogen-bond acceptors (Lipinski definition) is 1. The molecule has 1 aromatic rings. The van der Waals surface area contributed by atoms with Crippen molar-refractivity contribution in [3.05, 3.63) is 16.4 Å². The van der Waals surface area contributed by atoms with Gasteiger partial charge in [0.2, 0.25) is 0 Å². The maximum absolute atomic E-state index is 6.33. The third-order valence-corrected chi connectivity index (χ3v) is 3.88. The Labute approximate surface area is 96.6 Å². The second kappa shape index (κ2) is 4.56. The van der Waals surface area contributed by atoms with Gasteiger partial charge < -0.3 is 0 Å². The van der Waals surface area contributed by atoms with E-state index in [4.69, 9.17) is 11.6 Å². The smallest absolute Gasteiger partial charge is 0.130 e. The second-order valence-corrected chi connectivity index (χ2v) is 4.81. The third kappa shape index (κ3) is 2.05. The Bertz CT molecular complexity index is 338. The van der Waals surface area contributed by atoms with E-state index in [0.717, 1.165) is 17.3 Å². The molecule has 3 heteroatoms. The zero-order valence-corrected chi connectivity index (χ0v) is 10.3. The van der Waals surface area contributed by atoms with E-state index in [1.807, 2.05) is 0 Å². The maximum Gasteiger partial charge on any atom is 0.130 e. The van der Waals surface area contributed by atoms with E-state index in [2.05, 4.69) is 23.6 Å². The van der Waals surface area contributed by atoms with Crippen molar-refractivity contribution in [2.45, 2.75) is 58.4 Å². The highest BCUT2D eigenvalue weighted by Crippen LogP contribution is 2.32. The number of rotatable bonds is 2. The summed E-state index contributed by atoms with van der Waals surface area (Å²) in [5.41, 5.74) is 2.33. The summed E-state index contributed by atoms with van der Waals surface area (Å²) in [4.78, 5) is 0. The number of nitrogens with zero attached hydrogens (tertiary/aromatic N) is 2. The average molecular weight is 227 g/mol. The van der Waals surface area contributed by atoms with E-state index in [1.165, 1.54) is 37.7 Å². The van der Waals surface area contributed by atoms with Gasteiger partial charge in [-0.2, -0.15) is 5.10 Å². The van der Waals surface area contributed by atoms with Crippen LogP contribution in [-0.4, -0.2) is 9.78 Å². The summed E-state index contributed by atoms with van der Waals surface area (Å²) >= 11 is 6.33. The molecule has 0 spiro atoms. The highest BCUT2D eigenvalue weighted by molar-refractivity contribution is 6.30. The molecule has 0 saturated heterocycles. The molecule has 1 aliphatic carbocycles. The number of hydrogen-bond donors (Lipinski definition) is 0. The monoisotopic (exact) mass is 226 g/mol. The maximum atomic E-state index is 6.33. The van der Waals surface area contributed by atoms with Gasteiger partial charge in [-0.1, -0.05) is 37.8 Å². The zero-order chi connectivity index (χ0) is 10.8. The molecule has 1 saturated carbocycles. The van der Waals surface area contributed by atoms with Crippen molar-refractivity contribution in [2.24, 2.45) is 0 Å². The van der Waals surface area contributed by atoms with Gasteiger partial charge in [0.1, 0.15) is 5.15 Å². The third-order valence-electron chi connectivity index (χ3n) is 3.43. The van der Waals surface area contributed by atoms with Crippen LogP contribution in [0.25, 0.3) is 0 Å². The lowest BCUT2D eigenvalue weighted by molar-refractivity contribution is 0.328. The number of aryl methyl sites for hydroxylation is 1. The summed E-state index contributed by atoms with van der Waals surface area (Å²) < 4.78 is 2.06. The molecule has 15 heavy (non-hydrogen) atoms. The van der Waals surface area contributed by atoms with E-state index in [1.54, 1.807) is 0 Å². The molecule has 1 fully saturated rings. The topological polar surface area (TPSA) is 17.8 Å². The molecule has 2 nitrogen and oxygen atoms in total. The molecule has 0 radical (unpaired) electrons. The number of aromatic nitrogens is 2. The molecule has 0 amide bonds. The molecule has 0 aliphatic heterocycles. The van der Waals surface area contributed by atoms with Gasteiger partial charge in [-0.05, 0) is 26.2 Å². The van der Waals surface area contributed by atoms with E-state index in [0.29, 0.717) is 6.04 Å². The molecule has 2 rings (SSSR count). The molecular weight excluding hydrogens is 208 g/mol. The van der Waals surface area contributed by atoms with Gasteiger partial charge in [0, 0.05) is 5.56 Å². The van der Waals surface area contributed by atoms with E-state index >= 15 is 0 Å². The van der Waals surface area contributed by atoms with Crippen molar-refractivity contribution >= 4 is 11.6 Å². The van der Waals surface area contributed by atoms with Crippen molar-refractivity contribution in [3.8, 4) is 0 Å².